The lowest BCUT2D eigenvalue weighted by Crippen LogP contribution is -2.14. The Balaban J connectivity index is 2.16. The minimum atomic E-state index is 0.516. The van der Waals surface area contributed by atoms with E-state index in [1.54, 1.807) is 0 Å². The molecule has 0 saturated carbocycles. The van der Waals surface area contributed by atoms with Gasteiger partial charge in [0.05, 0.1) is 0 Å². The maximum absolute atomic E-state index is 3.83. The third-order valence-corrected chi connectivity index (χ3v) is 7.79. The SMILES string of the molecule is BrC1CCC(Br)c2cc3c(cc21)C(Br)CCC3Br. The Morgan fingerprint density at radius 1 is 0.556 bits per heavy atom. The number of hydrogen-bond acceptors (Lipinski definition) is 0. The van der Waals surface area contributed by atoms with Crippen molar-refractivity contribution in [3.8, 4) is 0 Å². The van der Waals surface area contributed by atoms with E-state index in [-0.39, 0.29) is 0 Å². The van der Waals surface area contributed by atoms with Crippen LogP contribution in [0.5, 0.6) is 0 Å². The molecule has 0 spiro atoms. The number of halogens is 4. The van der Waals surface area contributed by atoms with Gasteiger partial charge in [0.1, 0.15) is 0 Å². The minimum Gasteiger partial charge on any atom is -0.0839 e. The molecule has 0 amide bonds. The van der Waals surface area contributed by atoms with Gasteiger partial charge < -0.3 is 0 Å². The van der Waals surface area contributed by atoms with Gasteiger partial charge in [-0.3, -0.25) is 0 Å². The molecule has 0 radical (unpaired) electrons. The first-order valence-electron chi connectivity index (χ1n) is 6.32. The Morgan fingerprint density at radius 2 is 0.778 bits per heavy atom. The van der Waals surface area contributed by atoms with E-state index >= 15 is 0 Å². The van der Waals surface area contributed by atoms with Gasteiger partial charge in [-0.05, 0) is 47.9 Å². The fourth-order valence-electron chi connectivity index (χ4n) is 2.96. The summed E-state index contributed by atoms with van der Waals surface area (Å²) < 4.78 is 0. The van der Waals surface area contributed by atoms with Gasteiger partial charge in [-0.1, -0.05) is 75.9 Å². The van der Waals surface area contributed by atoms with E-state index in [1.807, 2.05) is 0 Å². The molecule has 0 saturated heterocycles. The molecule has 0 N–H and O–H groups in total. The summed E-state index contributed by atoms with van der Waals surface area (Å²) in [6.07, 6.45) is 4.86. The van der Waals surface area contributed by atoms with Crippen LogP contribution in [0.3, 0.4) is 0 Å². The van der Waals surface area contributed by atoms with Crippen LogP contribution in [0.15, 0.2) is 12.1 Å². The molecule has 4 atom stereocenters. The van der Waals surface area contributed by atoms with Crippen LogP contribution in [0.1, 0.15) is 67.2 Å². The topological polar surface area (TPSA) is 0 Å². The van der Waals surface area contributed by atoms with Crippen LogP contribution in [-0.2, 0) is 0 Å². The van der Waals surface area contributed by atoms with Crippen molar-refractivity contribution in [2.45, 2.75) is 45.0 Å². The van der Waals surface area contributed by atoms with Crippen LogP contribution in [0.4, 0.5) is 0 Å². The third-order valence-electron chi connectivity index (χ3n) is 3.99. The smallest absolute Gasteiger partial charge is 0.0399 e. The molecule has 18 heavy (non-hydrogen) atoms. The normalized spacial score (nSPS) is 34.9. The van der Waals surface area contributed by atoms with Gasteiger partial charge in [0, 0.05) is 19.3 Å². The molecule has 0 aromatic heterocycles. The van der Waals surface area contributed by atoms with Crippen molar-refractivity contribution in [3.05, 3.63) is 34.4 Å². The second kappa shape index (κ2) is 5.50. The predicted molar refractivity (Wildman–Crippen MR) is 91.6 cm³/mol. The highest BCUT2D eigenvalue weighted by Crippen LogP contribution is 2.51. The van der Waals surface area contributed by atoms with E-state index in [1.165, 1.54) is 47.9 Å². The molecule has 0 bridgehead atoms. The zero-order valence-corrected chi connectivity index (χ0v) is 16.1. The number of benzene rings is 1. The van der Waals surface area contributed by atoms with Gasteiger partial charge in [0.25, 0.3) is 0 Å². The van der Waals surface area contributed by atoms with E-state index in [2.05, 4.69) is 75.9 Å². The average Bonchev–Trinajstić information content (AvgIpc) is 2.37. The second-order valence-corrected chi connectivity index (χ2v) is 9.56. The van der Waals surface area contributed by atoms with Gasteiger partial charge in [0.2, 0.25) is 0 Å². The first-order valence-corrected chi connectivity index (χ1v) is 9.98. The number of alkyl halides is 4. The molecule has 2 aliphatic carbocycles. The lowest BCUT2D eigenvalue weighted by atomic mass is 9.83. The van der Waals surface area contributed by atoms with Crippen molar-refractivity contribution in [2.75, 3.05) is 0 Å². The average molecular weight is 502 g/mol. The first-order chi connectivity index (χ1) is 8.58. The Labute approximate surface area is 142 Å². The van der Waals surface area contributed by atoms with Gasteiger partial charge in [0.15, 0.2) is 0 Å². The van der Waals surface area contributed by atoms with Crippen molar-refractivity contribution < 1.29 is 0 Å². The van der Waals surface area contributed by atoms with Crippen molar-refractivity contribution in [1.82, 2.24) is 0 Å². The molecule has 3 rings (SSSR count). The molecule has 1 aromatic carbocycles. The Bertz CT molecular complexity index is 389. The zero-order chi connectivity index (χ0) is 12.9. The molecule has 0 nitrogen and oxygen atoms in total. The van der Waals surface area contributed by atoms with Crippen LogP contribution in [0.2, 0.25) is 0 Å². The Morgan fingerprint density at radius 3 is 1.00 bits per heavy atom. The molecule has 0 heterocycles. The van der Waals surface area contributed by atoms with Gasteiger partial charge in [-0.25, -0.2) is 0 Å². The second-order valence-electron chi connectivity index (χ2n) is 5.13. The van der Waals surface area contributed by atoms with E-state index in [9.17, 15) is 0 Å². The van der Waals surface area contributed by atoms with Crippen LogP contribution < -0.4 is 0 Å². The molecular formula is C14H14Br4. The first kappa shape index (κ1) is 14.1. The summed E-state index contributed by atoms with van der Waals surface area (Å²) in [5, 5.41) is 0. The van der Waals surface area contributed by atoms with Gasteiger partial charge in [-0.15, -0.1) is 0 Å². The fraction of sp³-hybridized carbons (Fsp3) is 0.571. The summed E-state index contributed by atoms with van der Waals surface area (Å²) in [7, 11) is 0. The number of hydrogen-bond donors (Lipinski definition) is 0. The lowest BCUT2D eigenvalue weighted by Gasteiger charge is -2.32. The van der Waals surface area contributed by atoms with E-state index in [0.717, 1.165) is 0 Å². The fourth-order valence-corrected chi connectivity index (χ4v) is 5.60. The highest BCUT2D eigenvalue weighted by Gasteiger charge is 2.30. The summed E-state index contributed by atoms with van der Waals surface area (Å²) in [6.45, 7) is 0. The van der Waals surface area contributed by atoms with Crippen molar-refractivity contribution in [1.29, 1.82) is 0 Å². The largest absolute Gasteiger partial charge is 0.0839 e. The van der Waals surface area contributed by atoms with Crippen LogP contribution >= 0.6 is 63.7 Å². The highest BCUT2D eigenvalue weighted by molar-refractivity contribution is 9.10. The molecule has 0 fully saturated rings. The number of rotatable bonds is 0. The standard InChI is InChI=1S/C14H14Br4/c15-11-1-2-12(16)8-6-10-9(5-7(8)11)13(17)3-4-14(10)18/h5-6,11-14H,1-4H2. The quantitative estimate of drug-likeness (QED) is 0.335. The van der Waals surface area contributed by atoms with Crippen molar-refractivity contribution in [3.63, 3.8) is 0 Å². The van der Waals surface area contributed by atoms with E-state index < -0.39 is 0 Å². The molecule has 98 valence electrons. The maximum atomic E-state index is 3.83. The summed E-state index contributed by atoms with van der Waals surface area (Å²) in [6, 6.07) is 4.84. The zero-order valence-electron chi connectivity index (χ0n) is 9.80. The summed E-state index contributed by atoms with van der Waals surface area (Å²) in [5.74, 6) is 0. The van der Waals surface area contributed by atoms with Crippen LogP contribution in [-0.4, -0.2) is 0 Å². The molecule has 4 unspecified atom stereocenters. The van der Waals surface area contributed by atoms with Gasteiger partial charge >= 0.3 is 0 Å². The van der Waals surface area contributed by atoms with E-state index in [4.69, 9.17) is 0 Å². The molecule has 2 aliphatic rings. The summed E-state index contributed by atoms with van der Waals surface area (Å²) in [5.41, 5.74) is 5.92. The van der Waals surface area contributed by atoms with E-state index in [0.29, 0.717) is 19.3 Å². The van der Waals surface area contributed by atoms with Crippen LogP contribution in [0.25, 0.3) is 0 Å². The van der Waals surface area contributed by atoms with Gasteiger partial charge in [-0.2, -0.15) is 0 Å². The Kier molecular flexibility index (Phi) is 4.30. The van der Waals surface area contributed by atoms with Crippen LogP contribution in [0, 0.1) is 0 Å². The lowest BCUT2D eigenvalue weighted by molar-refractivity contribution is 0.649. The third kappa shape index (κ3) is 2.40. The molecule has 0 aliphatic heterocycles. The molecular weight excluding hydrogens is 488 g/mol. The summed E-state index contributed by atoms with van der Waals surface area (Å²) in [4.78, 5) is 2.06. The van der Waals surface area contributed by atoms with Crippen molar-refractivity contribution >= 4 is 63.7 Å². The highest BCUT2D eigenvalue weighted by atomic mass is 79.9. The molecule has 1 aromatic rings. The Hall–Kier alpha value is 1.14. The molecule has 4 heteroatoms. The van der Waals surface area contributed by atoms with Crippen molar-refractivity contribution in [2.24, 2.45) is 0 Å². The predicted octanol–water partition coefficient (Wildman–Crippen LogP) is 7.02. The minimum absolute atomic E-state index is 0.516. The number of fused-ring (bicyclic) bond motifs is 2. The summed E-state index contributed by atoms with van der Waals surface area (Å²) >= 11 is 15.3. The maximum Gasteiger partial charge on any atom is 0.0399 e. The monoisotopic (exact) mass is 498 g/mol.